The zero-order chi connectivity index (χ0) is 12.6. The second-order valence-electron chi connectivity index (χ2n) is 3.70. The molecule has 0 atom stereocenters. The standard InChI is InChI=1S/C12H9ClFIN2/c1-6-5-8(3-4-9(6)14)12-16-7(2)10(15)11(13)17-12/h3-5H,1-2H3. The summed E-state index contributed by atoms with van der Waals surface area (Å²) in [7, 11) is 0. The Morgan fingerprint density at radius 3 is 2.53 bits per heavy atom. The molecule has 0 saturated heterocycles. The van der Waals surface area contributed by atoms with Crippen molar-refractivity contribution in [1.82, 2.24) is 9.97 Å². The molecule has 0 fully saturated rings. The summed E-state index contributed by atoms with van der Waals surface area (Å²) in [6.45, 7) is 3.58. The SMILES string of the molecule is Cc1cc(-c2nc(C)c(I)c(Cl)n2)ccc1F. The molecule has 5 heteroatoms. The van der Waals surface area contributed by atoms with Crippen LogP contribution in [0.4, 0.5) is 4.39 Å². The lowest BCUT2D eigenvalue weighted by atomic mass is 10.1. The first-order valence-corrected chi connectivity index (χ1v) is 6.41. The number of benzene rings is 1. The third-order valence-electron chi connectivity index (χ3n) is 2.39. The summed E-state index contributed by atoms with van der Waals surface area (Å²) in [5, 5.41) is 0.426. The highest BCUT2D eigenvalue weighted by Gasteiger charge is 2.10. The van der Waals surface area contributed by atoms with Crippen molar-refractivity contribution in [1.29, 1.82) is 0 Å². The Hall–Kier alpha value is -0.750. The van der Waals surface area contributed by atoms with E-state index in [1.54, 1.807) is 19.1 Å². The molecule has 0 N–H and O–H groups in total. The van der Waals surface area contributed by atoms with E-state index in [9.17, 15) is 4.39 Å². The quantitative estimate of drug-likeness (QED) is 0.562. The number of hydrogen-bond donors (Lipinski definition) is 0. The molecule has 0 bridgehead atoms. The van der Waals surface area contributed by atoms with Crippen LogP contribution in [0.25, 0.3) is 11.4 Å². The van der Waals surface area contributed by atoms with E-state index < -0.39 is 0 Å². The fraction of sp³-hybridized carbons (Fsp3) is 0.167. The summed E-state index contributed by atoms with van der Waals surface area (Å²) in [6.07, 6.45) is 0. The van der Waals surface area contributed by atoms with E-state index in [2.05, 4.69) is 32.6 Å². The van der Waals surface area contributed by atoms with Crippen LogP contribution in [0.5, 0.6) is 0 Å². The highest BCUT2D eigenvalue weighted by Crippen LogP contribution is 2.24. The molecule has 1 aromatic carbocycles. The van der Waals surface area contributed by atoms with Gasteiger partial charge >= 0.3 is 0 Å². The van der Waals surface area contributed by atoms with Crippen LogP contribution in [0.2, 0.25) is 5.15 Å². The third-order valence-corrected chi connectivity index (χ3v) is 4.28. The summed E-state index contributed by atoms with van der Waals surface area (Å²) in [4.78, 5) is 8.55. The maximum Gasteiger partial charge on any atom is 0.161 e. The lowest BCUT2D eigenvalue weighted by molar-refractivity contribution is 0.618. The van der Waals surface area contributed by atoms with Gasteiger partial charge in [0.1, 0.15) is 11.0 Å². The van der Waals surface area contributed by atoms with Crippen molar-refractivity contribution < 1.29 is 4.39 Å². The van der Waals surface area contributed by atoms with Gasteiger partial charge in [-0.1, -0.05) is 11.6 Å². The van der Waals surface area contributed by atoms with Crippen molar-refractivity contribution in [3.63, 3.8) is 0 Å². The Morgan fingerprint density at radius 2 is 1.94 bits per heavy atom. The fourth-order valence-electron chi connectivity index (χ4n) is 1.44. The summed E-state index contributed by atoms with van der Waals surface area (Å²) >= 11 is 8.11. The summed E-state index contributed by atoms with van der Waals surface area (Å²) in [6, 6.07) is 4.78. The average Bonchev–Trinajstić information content (AvgIpc) is 2.29. The van der Waals surface area contributed by atoms with Gasteiger partial charge in [-0.2, -0.15) is 0 Å². The Kier molecular flexibility index (Phi) is 3.63. The van der Waals surface area contributed by atoms with Crippen LogP contribution in [-0.2, 0) is 0 Å². The molecule has 17 heavy (non-hydrogen) atoms. The number of rotatable bonds is 1. The van der Waals surface area contributed by atoms with E-state index in [0.29, 0.717) is 16.5 Å². The third kappa shape index (κ3) is 2.57. The smallest absolute Gasteiger partial charge is 0.161 e. The van der Waals surface area contributed by atoms with E-state index in [1.807, 2.05) is 6.92 Å². The van der Waals surface area contributed by atoms with Gasteiger partial charge < -0.3 is 0 Å². The lowest BCUT2D eigenvalue weighted by Gasteiger charge is -2.06. The Balaban J connectivity index is 2.57. The van der Waals surface area contributed by atoms with Gasteiger partial charge in [0.15, 0.2) is 5.82 Å². The molecule has 1 heterocycles. The van der Waals surface area contributed by atoms with Gasteiger partial charge in [-0.3, -0.25) is 0 Å². The second-order valence-corrected chi connectivity index (χ2v) is 5.14. The Bertz CT molecular complexity index is 564. The molecule has 2 rings (SSSR count). The zero-order valence-electron chi connectivity index (χ0n) is 9.26. The number of aryl methyl sites for hydroxylation is 2. The highest BCUT2D eigenvalue weighted by molar-refractivity contribution is 14.1. The first-order valence-electron chi connectivity index (χ1n) is 4.95. The molecule has 2 nitrogen and oxygen atoms in total. The predicted molar refractivity (Wildman–Crippen MR) is 74.6 cm³/mol. The molecule has 0 spiro atoms. The van der Waals surface area contributed by atoms with Gasteiger partial charge in [0, 0.05) is 5.56 Å². The lowest BCUT2D eigenvalue weighted by Crippen LogP contribution is -1.97. The van der Waals surface area contributed by atoms with Crippen LogP contribution in [0, 0.1) is 23.2 Å². The largest absolute Gasteiger partial charge is 0.232 e. The zero-order valence-corrected chi connectivity index (χ0v) is 12.2. The average molecular weight is 363 g/mol. The Labute approximate surface area is 117 Å². The van der Waals surface area contributed by atoms with E-state index in [0.717, 1.165) is 14.8 Å². The van der Waals surface area contributed by atoms with Crippen molar-refractivity contribution in [2.24, 2.45) is 0 Å². The van der Waals surface area contributed by atoms with Crippen molar-refractivity contribution in [2.75, 3.05) is 0 Å². The normalized spacial score (nSPS) is 10.6. The van der Waals surface area contributed by atoms with Gasteiger partial charge in [-0.05, 0) is 60.2 Å². The number of halogens is 3. The van der Waals surface area contributed by atoms with E-state index in [-0.39, 0.29) is 5.82 Å². The van der Waals surface area contributed by atoms with Gasteiger partial charge in [0.05, 0.1) is 9.26 Å². The van der Waals surface area contributed by atoms with E-state index >= 15 is 0 Å². The number of hydrogen-bond acceptors (Lipinski definition) is 2. The molecule has 0 aliphatic carbocycles. The minimum Gasteiger partial charge on any atom is -0.232 e. The van der Waals surface area contributed by atoms with Gasteiger partial charge in [0.25, 0.3) is 0 Å². The van der Waals surface area contributed by atoms with Crippen molar-refractivity contribution in [3.05, 3.63) is 44.0 Å². The van der Waals surface area contributed by atoms with Crippen LogP contribution < -0.4 is 0 Å². The molecule has 2 aromatic rings. The van der Waals surface area contributed by atoms with Crippen LogP contribution >= 0.6 is 34.2 Å². The van der Waals surface area contributed by atoms with Gasteiger partial charge in [-0.15, -0.1) is 0 Å². The monoisotopic (exact) mass is 362 g/mol. The van der Waals surface area contributed by atoms with Crippen LogP contribution in [-0.4, -0.2) is 9.97 Å². The molecule has 0 saturated carbocycles. The first kappa shape index (κ1) is 12.7. The summed E-state index contributed by atoms with van der Waals surface area (Å²) < 4.78 is 14.0. The first-order chi connectivity index (χ1) is 7.99. The molecule has 0 aliphatic heterocycles. The topological polar surface area (TPSA) is 25.8 Å². The van der Waals surface area contributed by atoms with Crippen molar-refractivity contribution in [3.8, 4) is 11.4 Å². The summed E-state index contributed by atoms with van der Waals surface area (Å²) in [5.41, 5.74) is 2.16. The minimum atomic E-state index is -0.234. The van der Waals surface area contributed by atoms with Crippen LogP contribution in [0.1, 0.15) is 11.3 Å². The van der Waals surface area contributed by atoms with E-state index in [1.165, 1.54) is 6.07 Å². The molecule has 0 amide bonds. The van der Waals surface area contributed by atoms with Gasteiger partial charge in [0.2, 0.25) is 0 Å². The molecular formula is C12H9ClFIN2. The van der Waals surface area contributed by atoms with Crippen molar-refractivity contribution >= 4 is 34.2 Å². The minimum absolute atomic E-state index is 0.234. The van der Waals surface area contributed by atoms with Crippen LogP contribution in [0.15, 0.2) is 18.2 Å². The van der Waals surface area contributed by atoms with E-state index in [4.69, 9.17) is 11.6 Å². The Morgan fingerprint density at radius 1 is 1.24 bits per heavy atom. The predicted octanol–water partition coefficient (Wildman–Crippen LogP) is 4.16. The molecular weight excluding hydrogens is 354 g/mol. The fourth-order valence-corrected chi connectivity index (χ4v) is 1.90. The number of nitrogens with zero attached hydrogens (tertiary/aromatic N) is 2. The maximum absolute atomic E-state index is 13.2. The highest BCUT2D eigenvalue weighted by atomic mass is 127. The second kappa shape index (κ2) is 4.86. The molecule has 0 unspecified atom stereocenters. The van der Waals surface area contributed by atoms with Crippen molar-refractivity contribution in [2.45, 2.75) is 13.8 Å². The molecule has 0 radical (unpaired) electrons. The van der Waals surface area contributed by atoms with Gasteiger partial charge in [-0.25, -0.2) is 14.4 Å². The molecule has 0 aliphatic rings. The molecule has 88 valence electrons. The van der Waals surface area contributed by atoms with Crippen LogP contribution in [0.3, 0.4) is 0 Å². The molecule has 1 aromatic heterocycles. The maximum atomic E-state index is 13.2. The summed E-state index contributed by atoms with van der Waals surface area (Å²) in [5.74, 6) is 0.290. The number of aromatic nitrogens is 2.